The average Bonchev–Trinajstić information content (AvgIpc) is 3.40. The lowest BCUT2D eigenvalue weighted by Crippen LogP contribution is -2.46. The van der Waals surface area contributed by atoms with Gasteiger partial charge in [-0.2, -0.15) is 4.98 Å². The minimum Gasteiger partial charge on any atom is -0.497 e. The van der Waals surface area contributed by atoms with Crippen LogP contribution in [0.15, 0.2) is 77.0 Å². The van der Waals surface area contributed by atoms with Crippen molar-refractivity contribution in [3.8, 4) is 17.1 Å². The molecule has 188 valence electrons. The van der Waals surface area contributed by atoms with E-state index < -0.39 is 6.04 Å². The zero-order valence-electron chi connectivity index (χ0n) is 21.7. The van der Waals surface area contributed by atoms with Crippen molar-refractivity contribution in [3.05, 3.63) is 101 Å². The van der Waals surface area contributed by atoms with Crippen LogP contribution in [0.4, 0.5) is 10.5 Å². The number of rotatable bonds is 6. The van der Waals surface area contributed by atoms with E-state index in [1.807, 2.05) is 61.5 Å². The molecule has 0 saturated heterocycles. The molecule has 1 atom stereocenters. The van der Waals surface area contributed by atoms with Gasteiger partial charge in [0.15, 0.2) is 0 Å². The summed E-state index contributed by atoms with van der Waals surface area (Å²) in [5.41, 5.74) is 7.57. The molecule has 3 aromatic carbocycles. The third-order valence-corrected chi connectivity index (χ3v) is 6.96. The second-order valence-electron chi connectivity index (χ2n) is 9.23. The van der Waals surface area contributed by atoms with E-state index in [2.05, 4.69) is 43.4 Å². The van der Waals surface area contributed by atoms with Gasteiger partial charge in [-0.05, 0) is 85.8 Å². The predicted octanol–water partition coefficient (Wildman–Crippen LogP) is 6.63. The standard InChI is InChI=1S/C30H30N4O3/c1-6-21-8-13-24(14-9-21)34-20(4)26(27(31-30(34)35)23-10-7-18(2)19(3)17-23)29-32-28(33-37-29)22-11-15-25(36-5)16-12-22/h7-17,27H,6H2,1-5H3,(H,31,35). The fraction of sp³-hybridized carbons (Fsp3) is 0.233. The highest BCUT2D eigenvalue weighted by atomic mass is 16.5. The van der Waals surface area contributed by atoms with Crippen LogP contribution in [-0.4, -0.2) is 23.3 Å². The topological polar surface area (TPSA) is 80.5 Å². The van der Waals surface area contributed by atoms with Crippen LogP contribution in [-0.2, 0) is 6.42 Å². The minimum atomic E-state index is -0.442. The van der Waals surface area contributed by atoms with Crippen LogP contribution in [0, 0.1) is 13.8 Å². The quantitative estimate of drug-likeness (QED) is 0.326. The minimum absolute atomic E-state index is 0.205. The molecule has 0 bridgehead atoms. The van der Waals surface area contributed by atoms with Gasteiger partial charge in [-0.1, -0.05) is 42.4 Å². The highest BCUT2D eigenvalue weighted by molar-refractivity contribution is 6.01. The molecule has 2 heterocycles. The van der Waals surface area contributed by atoms with Gasteiger partial charge in [0, 0.05) is 11.3 Å². The SMILES string of the molecule is CCc1ccc(N2C(=O)NC(c3ccc(C)c(C)c3)C(c3nc(-c4ccc(OC)cc4)no3)=C2C)cc1. The first-order valence-corrected chi connectivity index (χ1v) is 12.4. The third kappa shape index (κ3) is 4.60. The van der Waals surface area contributed by atoms with E-state index in [9.17, 15) is 4.79 Å². The molecule has 0 radical (unpaired) electrons. The van der Waals surface area contributed by atoms with Crippen LogP contribution < -0.4 is 15.0 Å². The van der Waals surface area contributed by atoms with Crippen molar-refractivity contribution >= 4 is 17.3 Å². The molecule has 1 N–H and O–H groups in total. The van der Waals surface area contributed by atoms with Crippen molar-refractivity contribution < 1.29 is 14.1 Å². The molecule has 4 aromatic rings. The summed E-state index contributed by atoms with van der Waals surface area (Å²) in [4.78, 5) is 19.9. The van der Waals surface area contributed by atoms with Gasteiger partial charge in [0.1, 0.15) is 5.75 Å². The number of methoxy groups -OCH3 is 1. The van der Waals surface area contributed by atoms with Crippen molar-refractivity contribution in [3.63, 3.8) is 0 Å². The number of nitrogens with one attached hydrogen (secondary N) is 1. The monoisotopic (exact) mass is 494 g/mol. The van der Waals surface area contributed by atoms with Crippen molar-refractivity contribution in [1.29, 1.82) is 0 Å². The smallest absolute Gasteiger partial charge is 0.326 e. The molecule has 0 spiro atoms. The van der Waals surface area contributed by atoms with Gasteiger partial charge >= 0.3 is 6.03 Å². The Morgan fingerprint density at radius 2 is 1.70 bits per heavy atom. The van der Waals surface area contributed by atoms with Crippen LogP contribution >= 0.6 is 0 Å². The summed E-state index contributed by atoms with van der Waals surface area (Å²) in [5.74, 6) is 1.58. The number of nitrogens with zero attached hydrogens (tertiary/aromatic N) is 3. The fourth-order valence-corrected chi connectivity index (χ4v) is 4.60. The Bertz CT molecular complexity index is 1470. The summed E-state index contributed by atoms with van der Waals surface area (Å²) >= 11 is 0. The number of amides is 2. The van der Waals surface area contributed by atoms with Crippen molar-refractivity contribution in [1.82, 2.24) is 15.5 Å². The predicted molar refractivity (Wildman–Crippen MR) is 144 cm³/mol. The summed E-state index contributed by atoms with van der Waals surface area (Å²) in [6, 6.07) is 21.1. The van der Waals surface area contributed by atoms with Crippen molar-refractivity contribution in [2.24, 2.45) is 0 Å². The molecule has 1 aliphatic heterocycles. The largest absolute Gasteiger partial charge is 0.497 e. The van der Waals surface area contributed by atoms with Gasteiger partial charge in [-0.25, -0.2) is 4.79 Å². The van der Waals surface area contributed by atoms with E-state index in [1.54, 1.807) is 12.0 Å². The summed E-state index contributed by atoms with van der Waals surface area (Å²) in [6.45, 7) is 8.17. The summed E-state index contributed by atoms with van der Waals surface area (Å²) < 4.78 is 11.1. The number of urea groups is 1. The Morgan fingerprint density at radius 1 is 0.973 bits per heavy atom. The number of hydrogen-bond donors (Lipinski definition) is 1. The number of carbonyl (C=O) groups is 1. The first-order chi connectivity index (χ1) is 17.9. The summed E-state index contributed by atoms with van der Waals surface area (Å²) in [6.07, 6.45) is 0.928. The Balaban J connectivity index is 1.63. The molecular formula is C30H30N4O3. The zero-order chi connectivity index (χ0) is 26.1. The lowest BCUT2D eigenvalue weighted by atomic mass is 9.92. The second-order valence-corrected chi connectivity index (χ2v) is 9.23. The van der Waals surface area contributed by atoms with Gasteiger partial charge in [0.25, 0.3) is 5.89 Å². The van der Waals surface area contributed by atoms with E-state index in [-0.39, 0.29) is 6.03 Å². The van der Waals surface area contributed by atoms with Crippen LogP contribution in [0.3, 0.4) is 0 Å². The number of aryl methyl sites for hydroxylation is 3. The van der Waals surface area contributed by atoms with Crippen molar-refractivity contribution in [2.75, 3.05) is 12.0 Å². The number of hydrogen-bond acceptors (Lipinski definition) is 5. The van der Waals surface area contributed by atoms with E-state index in [0.717, 1.165) is 45.8 Å². The van der Waals surface area contributed by atoms with Gasteiger partial charge in [-0.15, -0.1) is 0 Å². The second kappa shape index (κ2) is 9.93. The molecule has 1 unspecified atom stereocenters. The lowest BCUT2D eigenvalue weighted by Gasteiger charge is -2.35. The van der Waals surface area contributed by atoms with E-state index in [0.29, 0.717) is 11.7 Å². The molecule has 1 aliphatic rings. The number of allylic oxidation sites excluding steroid dienone is 1. The van der Waals surface area contributed by atoms with E-state index >= 15 is 0 Å². The van der Waals surface area contributed by atoms with E-state index in [4.69, 9.17) is 14.2 Å². The summed E-state index contributed by atoms with van der Waals surface area (Å²) in [7, 11) is 1.63. The van der Waals surface area contributed by atoms with Crippen LogP contribution in [0.5, 0.6) is 5.75 Å². The first-order valence-electron chi connectivity index (χ1n) is 12.4. The molecule has 7 nitrogen and oxygen atoms in total. The van der Waals surface area contributed by atoms with Crippen LogP contribution in [0.2, 0.25) is 0 Å². The highest BCUT2D eigenvalue weighted by Gasteiger charge is 2.36. The Labute approximate surface area is 216 Å². The Morgan fingerprint density at radius 3 is 2.35 bits per heavy atom. The molecule has 0 fully saturated rings. The van der Waals surface area contributed by atoms with Crippen LogP contribution in [0.1, 0.15) is 48.0 Å². The Hall–Kier alpha value is -4.39. The van der Waals surface area contributed by atoms with E-state index in [1.165, 1.54) is 11.1 Å². The van der Waals surface area contributed by atoms with Gasteiger partial charge in [0.2, 0.25) is 5.82 Å². The van der Waals surface area contributed by atoms with Crippen LogP contribution in [0.25, 0.3) is 17.0 Å². The molecule has 2 amide bonds. The number of benzene rings is 3. The van der Waals surface area contributed by atoms with Gasteiger partial charge in [0.05, 0.1) is 24.4 Å². The summed E-state index contributed by atoms with van der Waals surface area (Å²) in [5, 5.41) is 7.44. The maximum atomic E-state index is 13.5. The van der Waals surface area contributed by atoms with Gasteiger partial charge in [-0.3, -0.25) is 4.90 Å². The number of carbonyl (C=O) groups excluding carboxylic acids is 1. The Kier molecular flexibility index (Phi) is 6.53. The molecule has 7 heteroatoms. The molecule has 1 aromatic heterocycles. The lowest BCUT2D eigenvalue weighted by molar-refractivity contribution is 0.244. The number of ether oxygens (including phenoxy) is 1. The molecule has 0 saturated carbocycles. The third-order valence-electron chi connectivity index (χ3n) is 6.96. The van der Waals surface area contributed by atoms with Gasteiger partial charge < -0.3 is 14.6 Å². The zero-order valence-corrected chi connectivity index (χ0v) is 21.7. The number of anilines is 1. The average molecular weight is 495 g/mol. The normalized spacial score (nSPS) is 15.6. The maximum Gasteiger partial charge on any atom is 0.326 e. The molecule has 5 rings (SSSR count). The maximum absolute atomic E-state index is 13.5. The number of aromatic nitrogens is 2. The molecule has 0 aliphatic carbocycles. The molecule has 37 heavy (non-hydrogen) atoms. The molecular weight excluding hydrogens is 464 g/mol. The highest BCUT2D eigenvalue weighted by Crippen LogP contribution is 2.39. The van der Waals surface area contributed by atoms with Crippen molar-refractivity contribution in [2.45, 2.75) is 40.2 Å². The first kappa shape index (κ1) is 24.3. The fourth-order valence-electron chi connectivity index (χ4n) is 4.60.